The van der Waals surface area contributed by atoms with Crippen LogP contribution in [0.25, 0.3) is 22.8 Å². The van der Waals surface area contributed by atoms with Crippen molar-refractivity contribution in [2.75, 3.05) is 37.7 Å². The van der Waals surface area contributed by atoms with E-state index in [4.69, 9.17) is 14.4 Å². The summed E-state index contributed by atoms with van der Waals surface area (Å²) >= 11 is 0. The van der Waals surface area contributed by atoms with Crippen LogP contribution in [0, 0.1) is 13.8 Å². The highest BCUT2D eigenvalue weighted by atomic mass is 16.5. The number of aliphatic hydroxyl groups is 2. The number of nitrogens with zero attached hydrogens (tertiary/aromatic N) is 4. The van der Waals surface area contributed by atoms with Crippen LogP contribution in [0.15, 0.2) is 35.0 Å². The lowest BCUT2D eigenvalue weighted by atomic mass is 10.1. The third-order valence-electron chi connectivity index (χ3n) is 5.35. The van der Waals surface area contributed by atoms with Crippen molar-refractivity contribution in [3.8, 4) is 28.6 Å². The topological polar surface area (TPSA) is 134 Å². The van der Waals surface area contributed by atoms with Gasteiger partial charge in [-0.05, 0) is 63.1 Å². The molecular formula is C24H31N5O5. The van der Waals surface area contributed by atoms with Crippen LogP contribution in [0.1, 0.15) is 25.0 Å². The Kier molecular flexibility index (Phi) is 8.55. The summed E-state index contributed by atoms with van der Waals surface area (Å²) in [5.41, 5.74) is 3.46. The van der Waals surface area contributed by atoms with Gasteiger partial charge in [0.05, 0.1) is 5.56 Å². The molecule has 2 aromatic heterocycles. The van der Waals surface area contributed by atoms with E-state index in [2.05, 4.69) is 39.2 Å². The quantitative estimate of drug-likeness (QED) is 0.386. The zero-order chi connectivity index (χ0) is 24.7. The first kappa shape index (κ1) is 25.1. The zero-order valence-corrected chi connectivity index (χ0v) is 19.9. The first-order valence-corrected chi connectivity index (χ1v) is 11.2. The fourth-order valence-electron chi connectivity index (χ4n) is 3.50. The highest BCUT2D eigenvalue weighted by Gasteiger charge is 2.16. The number of pyridine rings is 1. The predicted molar refractivity (Wildman–Crippen MR) is 128 cm³/mol. The number of nitrogens with one attached hydrogen (secondary N) is 1. The molecule has 1 atom stereocenters. The number of ether oxygens (including phenoxy) is 1. The van der Waals surface area contributed by atoms with Crippen molar-refractivity contribution in [3.05, 3.63) is 41.6 Å². The van der Waals surface area contributed by atoms with E-state index in [0.717, 1.165) is 41.2 Å². The summed E-state index contributed by atoms with van der Waals surface area (Å²) in [6.45, 7) is 9.25. The maximum Gasteiger partial charge on any atom is 0.259 e. The van der Waals surface area contributed by atoms with Crippen LogP contribution >= 0.6 is 0 Å². The van der Waals surface area contributed by atoms with E-state index < -0.39 is 18.6 Å². The van der Waals surface area contributed by atoms with E-state index in [1.165, 1.54) is 0 Å². The average molecular weight is 470 g/mol. The lowest BCUT2D eigenvalue weighted by Gasteiger charge is -2.21. The average Bonchev–Trinajstić information content (AvgIpc) is 3.32. The van der Waals surface area contributed by atoms with Gasteiger partial charge in [0.2, 0.25) is 11.7 Å². The van der Waals surface area contributed by atoms with Gasteiger partial charge >= 0.3 is 0 Å². The normalized spacial score (nSPS) is 11.8. The van der Waals surface area contributed by atoms with Crippen molar-refractivity contribution in [3.63, 3.8) is 0 Å². The Morgan fingerprint density at radius 1 is 1.21 bits per heavy atom. The van der Waals surface area contributed by atoms with Crippen LogP contribution in [-0.2, 0) is 4.79 Å². The second kappa shape index (κ2) is 11.6. The summed E-state index contributed by atoms with van der Waals surface area (Å²) in [4.78, 5) is 22.4. The number of aliphatic hydroxyl groups excluding tert-OH is 2. The molecule has 0 bridgehead atoms. The maximum absolute atomic E-state index is 11.0. The number of rotatable bonds is 11. The lowest BCUT2D eigenvalue weighted by molar-refractivity contribution is -0.124. The van der Waals surface area contributed by atoms with Crippen LogP contribution in [0.3, 0.4) is 0 Å². The van der Waals surface area contributed by atoms with Crippen LogP contribution in [-0.4, -0.2) is 70.2 Å². The molecule has 0 saturated carbocycles. The number of carbonyl (C=O) groups is 1. The minimum atomic E-state index is -0.902. The second-order valence-corrected chi connectivity index (χ2v) is 7.86. The molecule has 0 unspecified atom stereocenters. The van der Waals surface area contributed by atoms with Crippen LogP contribution in [0.5, 0.6) is 5.75 Å². The Labute approximate surface area is 198 Å². The van der Waals surface area contributed by atoms with Crippen LogP contribution < -0.4 is 15.0 Å². The molecule has 0 aliphatic heterocycles. The Morgan fingerprint density at radius 3 is 2.62 bits per heavy atom. The van der Waals surface area contributed by atoms with Gasteiger partial charge in [0.15, 0.2) is 0 Å². The Bertz CT molecular complexity index is 1110. The number of benzene rings is 1. The highest BCUT2D eigenvalue weighted by molar-refractivity contribution is 5.76. The molecule has 0 aliphatic rings. The van der Waals surface area contributed by atoms with E-state index in [0.29, 0.717) is 17.5 Å². The van der Waals surface area contributed by atoms with Crippen molar-refractivity contribution in [1.82, 2.24) is 20.4 Å². The number of anilines is 1. The molecule has 2 heterocycles. The number of hydrogen-bond acceptors (Lipinski definition) is 9. The SMILES string of the molecule is CCN(CC)c1ncc(-c2nc(-c3ccc(OC[C@@H](O)CNC(=O)CO)cc3C)no2)cc1C. The summed E-state index contributed by atoms with van der Waals surface area (Å²) in [7, 11) is 0. The molecule has 0 saturated heterocycles. The fourth-order valence-corrected chi connectivity index (χ4v) is 3.50. The predicted octanol–water partition coefficient (Wildman–Crippen LogP) is 2.11. The summed E-state index contributed by atoms with van der Waals surface area (Å²) in [6, 6.07) is 7.39. The maximum atomic E-state index is 11.0. The first-order valence-electron chi connectivity index (χ1n) is 11.2. The molecule has 182 valence electrons. The van der Waals surface area contributed by atoms with Gasteiger partial charge in [-0.1, -0.05) is 5.16 Å². The summed E-state index contributed by atoms with van der Waals surface area (Å²) in [6.07, 6.45) is 0.844. The van der Waals surface area contributed by atoms with Gasteiger partial charge in [-0.3, -0.25) is 4.79 Å². The molecule has 1 aromatic carbocycles. The number of aryl methyl sites for hydroxylation is 2. The highest BCUT2D eigenvalue weighted by Crippen LogP contribution is 2.28. The third kappa shape index (κ3) is 6.09. The number of aromatic nitrogens is 3. The molecule has 1 amide bonds. The largest absolute Gasteiger partial charge is 0.491 e. The molecule has 3 rings (SSSR count). The molecule has 0 radical (unpaired) electrons. The second-order valence-electron chi connectivity index (χ2n) is 7.86. The molecule has 0 fully saturated rings. The van der Waals surface area contributed by atoms with Gasteiger partial charge in [0.1, 0.15) is 30.9 Å². The van der Waals surface area contributed by atoms with Gasteiger partial charge in [0.25, 0.3) is 5.89 Å². The summed E-state index contributed by atoms with van der Waals surface area (Å²) in [5, 5.41) is 25.1. The summed E-state index contributed by atoms with van der Waals surface area (Å²) in [5.74, 6) is 1.80. The molecule has 10 nitrogen and oxygen atoms in total. The lowest BCUT2D eigenvalue weighted by Crippen LogP contribution is -2.36. The van der Waals surface area contributed by atoms with Gasteiger partial charge in [-0.25, -0.2) is 4.98 Å². The standard InChI is InChI=1S/C24H31N5O5/c1-5-29(6-2)23-16(4)9-17(11-26-23)24-27-22(28-34-24)20-8-7-19(10-15(20)3)33-14-18(31)12-25-21(32)13-30/h7-11,18,30-31H,5-6,12-14H2,1-4H3,(H,25,32)/t18-/m0/s1. The van der Waals surface area contributed by atoms with Crippen LogP contribution in [0.4, 0.5) is 5.82 Å². The minimum Gasteiger partial charge on any atom is -0.491 e. The Hall–Kier alpha value is -3.50. The first-order chi connectivity index (χ1) is 16.4. The molecule has 3 N–H and O–H groups in total. The van der Waals surface area contributed by atoms with Gasteiger partial charge < -0.3 is 29.7 Å². The van der Waals surface area contributed by atoms with Gasteiger partial charge in [-0.15, -0.1) is 0 Å². The molecule has 34 heavy (non-hydrogen) atoms. The molecule has 3 aromatic rings. The molecule has 0 spiro atoms. The number of carbonyl (C=O) groups excluding carboxylic acids is 1. The van der Waals surface area contributed by atoms with E-state index in [-0.39, 0.29) is 13.2 Å². The number of amides is 1. The van der Waals surface area contributed by atoms with Crippen molar-refractivity contribution in [1.29, 1.82) is 0 Å². The van der Waals surface area contributed by atoms with Gasteiger partial charge in [-0.2, -0.15) is 4.98 Å². The molecule has 10 heteroatoms. The zero-order valence-electron chi connectivity index (χ0n) is 19.9. The molecule has 0 aliphatic carbocycles. The minimum absolute atomic E-state index is 0.00725. The fraction of sp³-hybridized carbons (Fsp3) is 0.417. The van der Waals surface area contributed by atoms with Gasteiger partial charge in [0, 0.05) is 31.4 Å². The van der Waals surface area contributed by atoms with Crippen molar-refractivity contribution >= 4 is 11.7 Å². The Balaban J connectivity index is 1.68. The van der Waals surface area contributed by atoms with E-state index >= 15 is 0 Å². The molecular weight excluding hydrogens is 438 g/mol. The number of hydrogen-bond donors (Lipinski definition) is 3. The monoisotopic (exact) mass is 469 g/mol. The van der Waals surface area contributed by atoms with Crippen molar-refractivity contribution in [2.24, 2.45) is 0 Å². The summed E-state index contributed by atoms with van der Waals surface area (Å²) < 4.78 is 11.1. The van der Waals surface area contributed by atoms with Crippen molar-refractivity contribution in [2.45, 2.75) is 33.8 Å². The smallest absolute Gasteiger partial charge is 0.259 e. The van der Waals surface area contributed by atoms with Crippen LogP contribution in [0.2, 0.25) is 0 Å². The van der Waals surface area contributed by atoms with E-state index in [9.17, 15) is 9.90 Å². The Morgan fingerprint density at radius 2 is 1.97 bits per heavy atom. The third-order valence-corrected chi connectivity index (χ3v) is 5.35. The van der Waals surface area contributed by atoms with E-state index in [1.807, 2.05) is 32.0 Å². The van der Waals surface area contributed by atoms with E-state index in [1.54, 1.807) is 12.3 Å². The van der Waals surface area contributed by atoms with Crippen molar-refractivity contribution < 1.29 is 24.3 Å².